The van der Waals surface area contributed by atoms with Crippen molar-refractivity contribution in [3.05, 3.63) is 48.3 Å². The molecule has 0 spiro atoms. The van der Waals surface area contributed by atoms with E-state index in [0.29, 0.717) is 5.56 Å². The van der Waals surface area contributed by atoms with Gasteiger partial charge in [-0.15, -0.1) is 0 Å². The van der Waals surface area contributed by atoms with Crippen molar-refractivity contribution in [3.63, 3.8) is 0 Å². The SMILES string of the molecule is O=C(c1cnn(-c2ccccc2)c1)N1CCCCC1. The molecule has 1 aliphatic heterocycles. The maximum Gasteiger partial charge on any atom is 0.257 e. The monoisotopic (exact) mass is 255 g/mol. The second-order valence-electron chi connectivity index (χ2n) is 4.86. The summed E-state index contributed by atoms with van der Waals surface area (Å²) >= 11 is 0. The molecule has 0 atom stereocenters. The summed E-state index contributed by atoms with van der Waals surface area (Å²) < 4.78 is 1.75. The predicted molar refractivity (Wildman–Crippen MR) is 73.3 cm³/mol. The van der Waals surface area contributed by atoms with E-state index in [1.807, 2.05) is 41.4 Å². The average Bonchev–Trinajstić information content (AvgIpc) is 2.98. The lowest BCUT2D eigenvalue weighted by molar-refractivity contribution is 0.0724. The fourth-order valence-electron chi connectivity index (χ4n) is 2.43. The molecule has 0 radical (unpaired) electrons. The molecule has 0 bridgehead atoms. The van der Waals surface area contributed by atoms with Gasteiger partial charge in [0.25, 0.3) is 5.91 Å². The Morgan fingerprint density at radius 2 is 1.79 bits per heavy atom. The van der Waals surface area contributed by atoms with Crippen LogP contribution in [0.4, 0.5) is 0 Å². The maximum absolute atomic E-state index is 12.3. The molecule has 2 aromatic rings. The van der Waals surface area contributed by atoms with E-state index in [0.717, 1.165) is 31.6 Å². The summed E-state index contributed by atoms with van der Waals surface area (Å²) in [5.74, 6) is 0.0990. The minimum atomic E-state index is 0.0990. The van der Waals surface area contributed by atoms with Crippen LogP contribution in [0.1, 0.15) is 29.6 Å². The number of carbonyl (C=O) groups excluding carboxylic acids is 1. The number of piperidine rings is 1. The van der Waals surface area contributed by atoms with Gasteiger partial charge in [-0.25, -0.2) is 4.68 Å². The Kier molecular flexibility index (Phi) is 3.31. The molecule has 4 nitrogen and oxygen atoms in total. The number of para-hydroxylation sites is 1. The molecule has 1 aliphatic rings. The topological polar surface area (TPSA) is 38.1 Å². The highest BCUT2D eigenvalue weighted by molar-refractivity contribution is 5.93. The Morgan fingerprint density at radius 3 is 2.53 bits per heavy atom. The molecule has 1 aromatic carbocycles. The second-order valence-corrected chi connectivity index (χ2v) is 4.86. The van der Waals surface area contributed by atoms with Gasteiger partial charge in [-0.05, 0) is 31.4 Å². The molecule has 3 rings (SSSR count). The molecule has 0 saturated carbocycles. The van der Waals surface area contributed by atoms with E-state index < -0.39 is 0 Å². The smallest absolute Gasteiger partial charge is 0.257 e. The molecule has 98 valence electrons. The maximum atomic E-state index is 12.3. The molecule has 0 N–H and O–H groups in total. The third-order valence-corrected chi connectivity index (χ3v) is 3.49. The molecule has 1 amide bonds. The number of benzene rings is 1. The van der Waals surface area contributed by atoms with Gasteiger partial charge in [-0.1, -0.05) is 18.2 Å². The summed E-state index contributed by atoms with van der Waals surface area (Å²) in [6.45, 7) is 1.74. The lowest BCUT2D eigenvalue weighted by atomic mass is 10.1. The first-order valence-electron chi connectivity index (χ1n) is 6.74. The van der Waals surface area contributed by atoms with E-state index in [4.69, 9.17) is 0 Å². The van der Waals surface area contributed by atoms with Crippen LogP contribution in [-0.4, -0.2) is 33.7 Å². The van der Waals surface area contributed by atoms with Gasteiger partial charge in [0.1, 0.15) is 0 Å². The molecule has 2 heterocycles. The number of rotatable bonds is 2. The van der Waals surface area contributed by atoms with Crippen LogP contribution < -0.4 is 0 Å². The standard InChI is InChI=1S/C15H17N3O/c19-15(17-9-5-2-6-10-17)13-11-16-18(12-13)14-7-3-1-4-8-14/h1,3-4,7-8,11-12H,2,5-6,9-10H2. The Morgan fingerprint density at radius 1 is 1.05 bits per heavy atom. The Labute approximate surface area is 112 Å². The van der Waals surface area contributed by atoms with Crippen LogP contribution in [0.2, 0.25) is 0 Å². The number of carbonyl (C=O) groups is 1. The number of likely N-dealkylation sites (tertiary alicyclic amines) is 1. The quantitative estimate of drug-likeness (QED) is 0.827. The largest absolute Gasteiger partial charge is 0.339 e. The summed E-state index contributed by atoms with van der Waals surface area (Å²) in [5.41, 5.74) is 1.64. The number of nitrogens with zero attached hydrogens (tertiary/aromatic N) is 3. The summed E-state index contributed by atoms with van der Waals surface area (Å²) in [4.78, 5) is 14.2. The van der Waals surface area contributed by atoms with Crippen molar-refractivity contribution in [2.45, 2.75) is 19.3 Å². The number of hydrogen-bond donors (Lipinski definition) is 0. The molecular weight excluding hydrogens is 238 g/mol. The minimum Gasteiger partial charge on any atom is -0.339 e. The van der Waals surface area contributed by atoms with Gasteiger partial charge >= 0.3 is 0 Å². The van der Waals surface area contributed by atoms with E-state index in [1.54, 1.807) is 10.9 Å². The van der Waals surface area contributed by atoms with Crippen molar-refractivity contribution in [2.24, 2.45) is 0 Å². The van der Waals surface area contributed by atoms with Crippen molar-refractivity contribution in [3.8, 4) is 5.69 Å². The zero-order valence-electron chi connectivity index (χ0n) is 10.8. The summed E-state index contributed by atoms with van der Waals surface area (Å²) in [6, 6.07) is 9.84. The fraction of sp³-hybridized carbons (Fsp3) is 0.333. The summed E-state index contributed by atoms with van der Waals surface area (Å²) in [5, 5.41) is 4.27. The van der Waals surface area contributed by atoms with Gasteiger partial charge in [-0.2, -0.15) is 5.10 Å². The van der Waals surface area contributed by atoms with Crippen LogP contribution in [0, 0.1) is 0 Å². The lowest BCUT2D eigenvalue weighted by Gasteiger charge is -2.26. The van der Waals surface area contributed by atoms with Crippen LogP contribution in [0.15, 0.2) is 42.7 Å². The van der Waals surface area contributed by atoms with Crippen molar-refractivity contribution in [1.29, 1.82) is 0 Å². The van der Waals surface area contributed by atoms with Crippen LogP contribution in [-0.2, 0) is 0 Å². The van der Waals surface area contributed by atoms with E-state index in [2.05, 4.69) is 5.10 Å². The highest BCUT2D eigenvalue weighted by Gasteiger charge is 2.19. The van der Waals surface area contributed by atoms with Crippen molar-refractivity contribution in [1.82, 2.24) is 14.7 Å². The zero-order valence-corrected chi connectivity index (χ0v) is 10.8. The van der Waals surface area contributed by atoms with Gasteiger partial charge < -0.3 is 4.90 Å². The average molecular weight is 255 g/mol. The Balaban J connectivity index is 1.79. The minimum absolute atomic E-state index is 0.0990. The molecule has 19 heavy (non-hydrogen) atoms. The Bertz CT molecular complexity index is 556. The molecule has 0 aliphatic carbocycles. The van der Waals surface area contributed by atoms with Crippen LogP contribution in [0.5, 0.6) is 0 Å². The molecule has 1 aromatic heterocycles. The molecule has 1 saturated heterocycles. The van der Waals surface area contributed by atoms with E-state index >= 15 is 0 Å². The summed E-state index contributed by atoms with van der Waals surface area (Å²) in [6.07, 6.45) is 6.92. The third kappa shape index (κ3) is 2.52. The van der Waals surface area contributed by atoms with Crippen molar-refractivity contribution in [2.75, 3.05) is 13.1 Å². The number of amides is 1. The van der Waals surface area contributed by atoms with Gasteiger partial charge in [0, 0.05) is 19.3 Å². The van der Waals surface area contributed by atoms with Crippen LogP contribution >= 0.6 is 0 Å². The van der Waals surface area contributed by atoms with E-state index in [9.17, 15) is 4.79 Å². The molecule has 0 unspecified atom stereocenters. The van der Waals surface area contributed by atoms with Crippen molar-refractivity contribution >= 4 is 5.91 Å². The first-order chi connectivity index (χ1) is 9.34. The van der Waals surface area contributed by atoms with Gasteiger partial charge in [-0.3, -0.25) is 4.79 Å². The molecule has 1 fully saturated rings. The highest BCUT2D eigenvalue weighted by atomic mass is 16.2. The predicted octanol–water partition coefficient (Wildman–Crippen LogP) is 2.50. The number of hydrogen-bond acceptors (Lipinski definition) is 2. The van der Waals surface area contributed by atoms with Gasteiger partial charge in [0.05, 0.1) is 17.4 Å². The third-order valence-electron chi connectivity index (χ3n) is 3.49. The normalized spacial score (nSPS) is 15.5. The van der Waals surface area contributed by atoms with E-state index in [1.165, 1.54) is 6.42 Å². The van der Waals surface area contributed by atoms with Crippen molar-refractivity contribution < 1.29 is 4.79 Å². The first-order valence-corrected chi connectivity index (χ1v) is 6.74. The Hall–Kier alpha value is -2.10. The van der Waals surface area contributed by atoms with Gasteiger partial charge in [0.2, 0.25) is 0 Å². The first kappa shape index (κ1) is 12.0. The highest BCUT2D eigenvalue weighted by Crippen LogP contribution is 2.14. The second kappa shape index (κ2) is 5.26. The summed E-state index contributed by atoms with van der Waals surface area (Å²) in [7, 11) is 0. The lowest BCUT2D eigenvalue weighted by Crippen LogP contribution is -2.35. The molecule has 4 heteroatoms. The number of aromatic nitrogens is 2. The fourth-order valence-corrected chi connectivity index (χ4v) is 2.43. The van der Waals surface area contributed by atoms with Crippen LogP contribution in [0.3, 0.4) is 0 Å². The van der Waals surface area contributed by atoms with Crippen LogP contribution in [0.25, 0.3) is 5.69 Å². The molecular formula is C15H17N3O. The van der Waals surface area contributed by atoms with E-state index in [-0.39, 0.29) is 5.91 Å². The zero-order chi connectivity index (χ0) is 13.1. The van der Waals surface area contributed by atoms with Gasteiger partial charge in [0.15, 0.2) is 0 Å².